The summed E-state index contributed by atoms with van der Waals surface area (Å²) < 4.78 is 13.7. The molecule has 0 aliphatic carbocycles. The maximum atomic E-state index is 13.7. The summed E-state index contributed by atoms with van der Waals surface area (Å²) in [6.07, 6.45) is 1.69. The molecule has 122 valence electrons. The lowest BCUT2D eigenvalue weighted by Gasteiger charge is -2.45. The highest BCUT2D eigenvalue weighted by Crippen LogP contribution is 2.34. The van der Waals surface area contributed by atoms with Crippen LogP contribution in [0.1, 0.15) is 18.4 Å². The first kappa shape index (κ1) is 17.0. The van der Waals surface area contributed by atoms with Gasteiger partial charge in [-0.3, -0.25) is 4.79 Å². The van der Waals surface area contributed by atoms with Gasteiger partial charge in [-0.2, -0.15) is 0 Å². The zero-order valence-corrected chi connectivity index (χ0v) is 13.8. The Morgan fingerprint density at radius 2 is 2.22 bits per heavy atom. The molecule has 0 aromatic heterocycles. The molecule has 1 heterocycles. The molecular formula is C19H23FN2O. The average Bonchev–Trinajstić information content (AvgIpc) is 2.55. The lowest BCUT2D eigenvalue weighted by atomic mass is 9.83. The van der Waals surface area contributed by atoms with E-state index in [1.165, 1.54) is 12.1 Å². The van der Waals surface area contributed by atoms with Gasteiger partial charge in [0.25, 0.3) is 5.91 Å². The number of nitrogens with zero attached hydrogens (tertiary/aromatic N) is 2. The van der Waals surface area contributed by atoms with Gasteiger partial charge >= 0.3 is 0 Å². The van der Waals surface area contributed by atoms with E-state index in [9.17, 15) is 9.18 Å². The van der Waals surface area contributed by atoms with Crippen LogP contribution in [0, 0.1) is 5.82 Å². The third kappa shape index (κ3) is 3.21. The Morgan fingerprint density at radius 1 is 1.52 bits per heavy atom. The third-order valence-corrected chi connectivity index (χ3v) is 4.50. The molecule has 23 heavy (non-hydrogen) atoms. The number of carbonyl (C=O) groups excluding carboxylic acids is 1. The maximum Gasteiger partial charge on any atom is 0.269 e. The van der Waals surface area contributed by atoms with E-state index in [4.69, 9.17) is 0 Å². The molecule has 1 amide bonds. The first-order chi connectivity index (χ1) is 10.9. The molecule has 2 unspecified atom stereocenters. The van der Waals surface area contributed by atoms with Gasteiger partial charge in [0.05, 0.1) is 11.7 Å². The summed E-state index contributed by atoms with van der Waals surface area (Å²) in [5.74, 6) is -0.509. The highest BCUT2D eigenvalue weighted by molar-refractivity contribution is 5.93. The molecular weight excluding hydrogens is 291 g/mol. The summed E-state index contributed by atoms with van der Waals surface area (Å²) in [5, 5.41) is 0. The Labute approximate surface area is 137 Å². The molecule has 2 atom stereocenters. The van der Waals surface area contributed by atoms with Crippen molar-refractivity contribution < 1.29 is 9.18 Å². The fourth-order valence-corrected chi connectivity index (χ4v) is 3.08. The van der Waals surface area contributed by atoms with Gasteiger partial charge in [-0.15, -0.1) is 0 Å². The maximum absolute atomic E-state index is 13.7. The molecule has 3 nitrogen and oxygen atoms in total. The van der Waals surface area contributed by atoms with Crippen molar-refractivity contribution in [2.45, 2.75) is 18.9 Å². The van der Waals surface area contributed by atoms with E-state index in [0.29, 0.717) is 18.8 Å². The van der Waals surface area contributed by atoms with Crippen LogP contribution >= 0.6 is 0 Å². The highest BCUT2D eigenvalue weighted by Gasteiger charge is 2.37. The van der Waals surface area contributed by atoms with E-state index in [2.05, 4.69) is 19.7 Å². The Bertz CT molecular complexity index is 653. The molecule has 1 aliphatic rings. The standard InChI is InChI=1S/C19H23FN2O/c1-6-13(3)18(15-9-8-10-16(20)11-15)17-12-22(7-2)19(23)14(4)21(17)5/h6,8-11,17-18H,1,3-4,7,12H2,2,5H3. The fourth-order valence-electron chi connectivity index (χ4n) is 3.08. The van der Waals surface area contributed by atoms with Crippen molar-refractivity contribution in [1.82, 2.24) is 9.80 Å². The van der Waals surface area contributed by atoms with Gasteiger partial charge in [-0.05, 0) is 30.2 Å². The number of rotatable bonds is 5. The number of hydrogen-bond acceptors (Lipinski definition) is 2. The van der Waals surface area contributed by atoms with E-state index in [1.54, 1.807) is 17.0 Å². The molecule has 0 N–H and O–H groups in total. The van der Waals surface area contributed by atoms with Crippen LogP contribution in [0.5, 0.6) is 0 Å². The second kappa shape index (κ2) is 6.82. The van der Waals surface area contributed by atoms with E-state index >= 15 is 0 Å². The molecule has 0 bridgehead atoms. The van der Waals surface area contributed by atoms with Crippen molar-refractivity contribution in [2.75, 3.05) is 20.1 Å². The zero-order valence-electron chi connectivity index (χ0n) is 13.8. The van der Waals surface area contributed by atoms with Crippen LogP contribution in [0.3, 0.4) is 0 Å². The van der Waals surface area contributed by atoms with Crippen molar-refractivity contribution in [3.63, 3.8) is 0 Å². The highest BCUT2D eigenvalue weighted by atomic mass is 19.1. The summed E-state index contributed by atoms with van der Waals surface area (Å²) in [6, 6.07) is 6.44. The molecule has 0 spiro atoms. The normalized spacial score (nSPS) is 19.7. The fraction of sp³-hybridized carbons (Fsp3) is 0.316. The monoisotopic (exact) mass is 314 g/mol. The molecule has 0 radical (unpaired) electrons. The minimum Gasteiger partial charge on any atom is -0.365 e. The summed E-state index contributed by atoms with van der Waals surface area (Å²) in [7, 11) is 1.85. The number of benzene rings is 1. The third-order valence-electron chi connectivity index (χ3n) is 4.50. The zero-order chi connectivity index (χ0) is 17.1. The number of likely N-dealkylation sites (N-methyl/N-ethyl adjacent to an activating group) is 2. The largest absolute Gasteiger partial charge is 0.365 e. The number of hydrogen-bond donors (Lipinski definition) is 0. The van der Waals surface area contributed by atoms with Crippen LogP contribution < -0.4 is 0 Å². The SMILES string of the molecule is C=CC(=C)C(c1cccc(F)c1)C1CN(CC)C(=O)C(=C)N1C. The molecule has 1 aliphatic heterocycles. The smallest absolute Gasteiger partial charge is 0.269 e. The summed E-state index contributed by atoms with van der Waals surface area (Å²) >= 11 is 0. The van der Waals surface area contributed by atoms with Gasteiger partial charge in [-0.25, -0.2) is 4.39 Å². The summed E-state index contributed by atoms with van der Waals surface area (Å²) in [6.45, 7) is 14.9. The molecule has 1 aromatic carbocycles. The first-order valence-corrected chi connectivity index (χ1v) is 7.68. The van der Waals surface area contributed by atoms with Gasteiger partial charge in [0, 0.05) is 26.1 Å². The minimum atomic E-state index is -0.287. The van der Waals surface area contributed by atoms with Gasteiger partial charge in [-0.1, -0.05) is 37.9 Å². The van der Waals surface area contributed by atoms with Crippen LogP contribution in [-0.2, 0) is 4.79 Å². The lowest BCUT2D eigenvalue weighted by Crippen LogP contribution is -2.55. The van der Waals surface area contributed by atoms with Gasteiger partial charge in [0.15, 0.2) is 0 Å². The molecule has 1 saturated heterocycles. The predicted octanol–water partition coefficient (Wildman–Crippen LogP) is 3.33. The van der Waals surface area contributed by atoms with Crippen molar-refractivity contribution in [1.29, 1.82) is 0 Å². The Hall–Kier alpha value is -2.36. The second-order valence-electron chi connectivity index (χ2n) is 5.78. The van der Waals surface area contributed by atoms with Crippen LogP contribution in [0.25, 0.3) is 0 Å². The Balaban J connectivity index is 2.46. The predicted molar refractivity (Wildman–Crippen MR) is 91.4 cm³/mol. The van der Waals surface area contributed by atoms with Crippen molar-refractivity contribution in [3.05, 3.63) is 72.7 Å². The molecule has 1 fully saturated rings. The van der Waals surface area contributed by atoms with Crippen LogP contribution in [0.4, 0.5) is 4.39 Å². The summed E-state index contributed by atoms with van der Waals surface area (Å²) in [4.78, 5) is 15.9. The van der Waals surface area contributed by atoms with Crippen molar-refractivity contribution in [3.8, 4) is 0 Å². The van der Waals surface area contributed by atoms with E-state index < -0.39 is 0 Å². The number of piperazine rings is 1. The molecule has 1 aromatic rings. The van der Waals surface area contributed by atoms with Crippen molar-refractivity contribution >= 4 is 5.91 Å². The van der Waals surface area contributed by atoms with Crippen LogP contribution in [0.15, 0.2) is 61.3 Å². The Morgan fingerprint density at radius 3 is 2.78 bits per heavy atom. The number of halogens is 1. The van der Waals surface area contributed by atoms with Gasteiger partial charge in [0.2, 0.25) is 0 Å². The van der Waals surface area contributed by atoms with Gasteiger partial charge in [0.1, 0.15) is 5.82 Å². The number of carbonyl (C=O) groups is 1. The van der Waals surface area contributed by atoms with E-state index in [1.807, 2.05) is 24.9 Å². The summed E-state index contributed by atoms with van der Waals surface area (Å²) in [5.41, 5.74) is 2.07. The number of amides is 1. The second-order valence-corrected chi connectivity index (χ2v) is 5.78. The minimum absolute atomic E-state index is 0.0616. The van der Waals surface area contributed by atoms with Gasteiger partial charge < -0.3 is 9.80 Å². The van der Waals surface area contributed by atoms with E-state index in [-0.39, 0.29) is 23.7 Å². The average molecular weight is 314 g/mol. The number of allylic oxidation sites excluding steroid dienone is 1. The van der Waals surface area contributed by atoms with Crippen molar-refractivity contribution in [2.24, 2.45) is 0 Å². The van der Waals surface area contributed by atoms with Crippen LogP contribution in [-0.4, -0.2) is 41.9 Å². The van der Waals surface area contributed by atoms with E-state index in [0.717, 1.165) is 11.1 Å². The first-order valence-electron chi connectivity index (χ1n) is 7.68. The topological polar surface area (TPSA) is 23.6 Å². The molecule has 0 saturated carbocycles. The quantitative estimate of drug-likeness (QED) is 0.615. The molecule has 2 rings (SSSR count). The Kier molecular flexibility index (Phi) is 5.04. The lowest BCUT2D eigenvalue weighted by molar-refractivity contribution is -0.132. The van der Waals surface area contributed by atoms with Crippen LogP contribution in [0.2, 0.25) is 0 Å². The molecule has 4 heteroatoms.